The zero-order chi connectivity index (χ0) is 15.6. The van der Waals surface area contributed by atoms with Gasteiger partial charge < -0.3 is 5.73 Å². The van der Waals surface area contributed by atoms with E-state index in [4.69, 9.17) is 5.73 Å². The number of benzene rings is 2. The Bertz CT molecular complexity index is 740. The van der Waals surface area contributed by atoms with E-state index in [1.165, 1.54) is 6.07 Å². The van der Waals surface area contributed by atoms with Gasteiger partial charge in [0.15, 0.2) is 0 Å². The summed E-state index contributed by atoms with van der Waals surface area (Å²) in [4.78, 5) is 0.239. The first-order valence-electron chi connectivity index (χ1n) is 6.75. The maximum atomic E-state index is 12.6. The first-order valence-corrected chi connectivity index (χ1v) is 8.23. The molecule has 4 nitrogen and oxygen atoms in total. The molecular formula is C16H20N2O2S. The third-order valence-corrected chi connectivity index (χ3v) is 5.23. The lowest BCUT2D eigenvalue weighted by Crippen LogP contribution is -2.27. The molecule has 0 aliphatic carbocycles. The molecule has 0 radical (unpaired) electrons. The second-order valence-corrected chi connectivity index (χ2v) is 6.90. The number of anilines is 1. The highest BCUT2D eigenvalue weighted by Gasteiger charge is 2.21. The summed E-state index contributed by atoms with van der Waals surface area (Å²) in [5.74, 6) is 0. The number of aryl methyl sites for hydroxylation is 1. The first-order chi connectivity index (χ1) is 9.81. The Labute approximate surface area is 126 Å². The number of nitrogens with one attached hydrogen (secondary N) is 1. The van der Waals surface area contributed by atoms with Crippen LogP contribution in [0.5, 0.6) is 0 Å². The standard InChI is InChI=1S/C16H20N2O2S/c1-11-9-15(17)10-16(12(11)2)21(19,20)18-13(3)14-7-5-4-6-8-14/h4-10,13,18H,17H2,1-3H3/t13-/m0/s1. The van der Waals surface area contributed by atoms with Gasteiger partial charge in [0.2, 0.25) is 10.0 Å². The Balaban J connectivity index is 2.35. The summed E-state index contributed by atoms with van der Waals surface area (Å²) in [6.07, 6.45) is 0. The minimum atomic E-state index is -3.61. The number of nitrogen functional groups attached to an aromatic ring is 1. The molecule has 0 aromatic heterocycles. The highest BCUT2D eigenvalue weighted by molar-refractivity contribution is 7.89. The Morgan fingerprint density at radius 3 is 2.33 bits per heavy atom. The van der Waals surface area contributed by atoms with Crippen LogP contribution in [-0.4, -0.2) is 8.42 Å². The van der Waals surface area contributed by atoms with E-state index in [2.05, 4.69) is 4.72 Å². The second-order valence-electron chi connectivity index (χ2n) is 5.21. The normalized spacial score (nSPS) is 13.1. The van der Waals surface area contributed by atoms with Gasteiger partial charge in [-0.05, 0) is 49.6 Å². The molecule has 3 N–H and O–H groups in total. The molecule has 21 heavy (non-hydrogen) atoms. The van der Waals surface area contributed by atoms with Gasteiger partial charge in [-0.3, -0.25) is 0 Å². The molecule has 5 heteroatoms. The Morgan fingerprint density at radius 2 is 1.71 bits per heavy atom. The third kappa shape index (κ3) is 3.43. The van der Waals surface area contributed by atoms with Gasteiger partial charge in [-0.25, -0.2) is 13.1 Å². The maximum absolute atomic E-state index is 12.6. The summed E-state index contributed by atoms with van der Waals surface area (Å²) in [7, 11) is -3.61. The maximum Gasteiger partial charge on any atom is 0.241 e. The van der Waals surface area contributed by atoms with E-state index in [1.807, 2.05) is 44.2 Å². The van der Waals surface area contributed by atoms with Crippen LogP contribution in [0.4, 0.5) is 5.69 Å². The average molecular weight is 304 g/mol. The van der Waals surface area contributed by atoms with Crippen LogP contribution in [-0.2, 0) is 10.0 Å². The fourth-order valence-electron chi connectivity index (χ4n) is 2.24. The van der Waals surface area contributed by atoms with Gasteiger partial charge in [0.1, 0.15) is 0 Å². The summed E-state index contributed by atoms with van der Waals surface area (Å²) < 4.78 is 27.8. The molecule has 1 atom stereocenters. The van der Waals surface area contributed by atoms with Crippen molar-refractivity contribution >= 4 is 15.7 Å². The number of hydrogen-bond donors (Lipinski definition) is 2. The topological polar surface area (TPSA) is 72.2 Å². The number of nitrogens with two attached hydrogens (primary N) is 1. The smallest absolute Gasteiger partial charge is 0.241 e. The van der Waals surface area contributed by atoms with E-state index in [9.17, 15) is 8.42 Å². The third-order valence-electron chi connectivity index (χ3n) is 3.56. The highest BCUT2D eigenvalue weighted by atomic mass is 32.2. The molecule has 2 aromatic carbocycles. The van der Waals surface area contributed by atoms with Crippen LogP contribution in [0.3, 0.4) is 0 Å². The number of hydrogen-bond acceptors (Lipinski definition) is 3. The summed E-state index contributed by atoms with van der Waals surface area (Å²) in [5, 5.41) is 0. The molecule has 0 saturated heterocycles. The van der Waals surface area contributed by atoms with E-state index in [0.717, 1.165) is 16.7 Å². The molecule has 0 unspecified atom stereocenters. The minimum Gasteiger partial charge on any atom is -0.399 e. The molecule has 0 aliphatic heterocycles. The largest absolute Gasteiger partial charge is 0.399 e. The molecule has 0 saturated carbocycles. The van der Waals surface area contributed by atoms with Crippen LogP contribution in [0.1, 0.15) is 29.7 Å². The highest BCUT2D eigenvalue weighted by Crippen LogP contribution is 2.24. The predicted molar refractivity (Wildman–Crippen MR) is 85.5 cm³/mol. The van der Waals surface area contributed by atoms with Gasteiger partial charge in [-0.1, -0.05) is 30.3 Å². The van der Waals surface area contributed by atoms with Crippen molar-refractivity contribution in [2.24, 2.45) is 0 Å². The fraction of sp³-hybridized carbons (Fsp3) is 0.250. The summed E-state index contributed by atoms with van der Waals surface area (Å²) in [6, 6.07) is 12.4. The molecule has 0 spiro atoms. The lowest BCUT2D eigenvalue weighted by atomic mass is 10.1. The molecule has 2 rings (SSSR count). The molecule has 0 aliphatic rings. The van der Waals surface area contributed by atoms with E-state index in [0.29, 0.717) is 5.69 Å². The summed E-state index contributed by atoms with van der Waals surface area (Å²) in [5.41, 5.74) is 8.72. The van der Waals surface area contributed by atoms with Crippen molar-refractivity contribution in [2.75, 3.05) is 5.73 Å². The van der Waals surface area contributed by atoms with Crippen molar-refractivity contribution in [1.82, 2.24) is 4.72 Å². The molecule has 2 aromatic rings. The van der Waals surface area contributed by atoms with Crippen LogP contribution < -0.4 is 10.5 Å². The lowest BCUT2D eigenvalue weighted by molar-refractivity contribution is 0.566. The molecule has 0 bridgehead atoms. The van der Waals surface area contributed by atoms with Crippen molar-refractivity contribution in [1.29, 1.82) is 0 Å². The van der Waals surface area contributed by atoms with Crippen LogP contribution in [0.2, 0.25) is 0 Å². The van der Waals surface area contributed by atoms with Gasteiger partial charge in [0.25, 0.3) is 0 Å². The van der Waals surface area contributed by atoms with Crippen molar-refractivity contribution in [2.45, 2.75) is 31.7 Å². The fourth-order valence-corrected chi connectivity index (χ4v) is 3.82. The minimum absolute atomic E-state index is 0.239. The number of rotatable bonds is 4. The molecule has 0 amide bonds. The van der Waals surface area contributed by atoms with Crippen LogP contribution in [0, 0.1) is 13.8 Å². The second kappa shape index (κ2) is 5.87. The quantitative estimate of drug-likeness (QED) is 0.853. The lowest BCUT2D eigenvalue weighted by Gasteiger charge is -2.17. The van der Waals surface area contributed by atoms with Crippen molar-refractivity contribution in [3.63, 3.8) is 0 Å². The first kappa shape index (κ1) is 15.5. The molecule has 0 fully saturated rings. The number of sulfonamides is 1. The molecular weight excluding hydrogens is 284 g/mol. The van der Waals surface area contributed by atoms with Gasteiger partial charge in [0, 0.05) is 11.7 Å². The Morgan fingerprint density at radius 1 is 1.10 bits per heavy atom. The van der Waals surface area contributed by atoms with Crippen LogP contribution in [0.25, 0.3) is 0 Å². The van der Waals surface area contributed by atoms with E-state index in [-0.39, 0.29) is 10.9 Å². The van der Waals surface area contributed by atoms with Crippen molar-refractivity contribution in [3.8, 4) is 0 Å². The molecule has 112 valence electrons. The van der Waals surface area contributed by atoms with Crippen molar-refractivity contribution in [3.05, 3.63) is 59.2 Å². The van der Waals surface area contributed by atoms with E-state index < -0.39 is 10.0 Å². The van der Waals surface area contributed by atoms with Gasteiger partial charge >= 0.3 is 0 Å². The van der Waals surface area contributed by atoms with Crippen LogP contribution in [0.15, 0.2) is 47.4 Å². The van der Waals surface area contributed by atoms with Gasteiger partial charge in [-0.15, -0.1) is 0 Å². The molecule has 0 heterocycles. The zero-order valence-electron chi connectivity index (χ0n) is 12.4. The van der Waals surface area contributed by atoms with E-state index in [1.54, 1.807) is 13.0 Å². The Hall–Kier alpha value is -1.85. The monoisotopic (exact) mass is 304 g/mol. The zero-order valence-corrected chi connectivity index (χ0v) is 13.2. The summed E-state index contributed by atoms with van der Waals surface area (Å²) in [6.45, 7) is 5.46. The Kier molecular flexibility index (Phi) is 4.34. The average Bonchev–Trinajstić information content (AvgIpc) is 2.43. The summed E-state index contributed by atoms with van der Waals surface area (Å²) >= 11 is 0. The predicted octanol–water partition coefficient (Wildman–Crippen LogP) is 2.93. The van der Waals surface area contributed by atoms with Crippen LogP contribution >= 0.6 is 0 Å². The SMILES string of the molecule is Cc1cc(N)cc(S(=O)(=O)N[C@@H](C)c2ccccc2)c1C. The van der Waals surface area contributed by atoms with E-state index >= 15 is 0 Å². The van der Waals surface area contributed by atoms with Gasteiger partial charge in [-0.2, -0.15) is 0 Å². The van der Waals surface area contributed by atoms with Crippen molar-refractivity contribution < 1.29 is 8.42 Å². The van der Waals surface area contributed by atoms with Gasteiger partial charge in [0.05, 0.1) is 4.90 Å².